The number of esters is 1. The molecule has 0 unspecified atom stereocenters. The third-order valence-corrected chi connectivity index (χ3v) is 3.86. The molecule has 7 heteroatoms. The Hall–Kier alpha value is -2.57. The first-order chi connectivity index (χ1) is 13.1. The number of hydrogen-bond donors (Lipinski definition) is 2. The second kappa shape index (κ2) is 11.3. The van der Waals surface area contributed by atoms with Crippen molar-refractivity contribution in [1.29, 1.82) is 0 Å². The number of rotatable bonds is 9. The van der Waals surface area contributed by atoms with E-state index >= 15 is 0 Å². The van der Waals surface area contributed by atoms with Crippen LogP contribution in [0, 0.1) is 0 Å². The van der Waals surface area contributed by atoms with Crippen molar-refractivity contribution >= 4 is 18.0 Å². The molecule has 0 aromatic heterocycles. The normalized spacial score (nSPS) is 12.0. The summed E-state index contributed by atoms with van der Waals surface area (Å²) in [4.78, 5) is 35.1. The minimum Gasteiger partial charge on any atom is -0.456 e. The molecule has 1 rings (SSSR count). The van der Waals surface area contributed by atoms with Gasteiger partial charge in [-0.1, -0.05) is 31.2 Å². The van der Waals surface area contributed by atoms with E-state index in [1.807, 2.05) is 31.2 Å². The van der Waals surface area contributed by atoms with Gasteiger partial charge in [0.05, 0.1) is 6.04 Å². The van der Waals surface area contributed by atoms with Gasteiger partial charge in [0.15, 0.2) is 6.61 Å². The topological polar surface area (TPSA) is 93.7 Å². The van der Waals surface area contributed by atoms with Crippen molar-refractivity contribution in [3.05, 3.63) is 35.4 Å². The van der Waals surface area contributed by atoms with Gasteiger partial charge in [-0.25, -0.2) is 4.79 Å². The van der Waals surface area contributed by atoms with Gasteiger partial charge in [-0.15, -0.1) is 0 Å². The van der Waals surface area contributed by atoms with Crippen LogP contribution >= 0.6 is 0 Å². The maximum Gasteiger partial charge on any atom is 0.407 e. The smallest absolute Gasteiger partial charge is 0.407 e. The number of benzene rings is 1. The van der Waals surface area contributed by atoms with Gasteiger partial charge in [0.1, 0.15) is 5.60 Å². The van der Waals surface area contributed by atoms with Gasteiger partial charge in [0.25, 0.3) is 5.91 Å². The summed E-state index contributed by atoms with van der Waals surface area (Å²) < 4.78 is 10.1. The maximum absolute atomic E-state index is 11.9. The number of aryl methyl sites for hydroxylation is 1. The molecule has 0 aliphatic heterocycles. The van der Waals surface area contributed by atoms with Crippen LogP contribution in [0.25, 0.3) is 0 Å². The van der Waals surface area contributed by atoms with Crippen molar-refractivity contribution in [2.45, 2.75) is 65.5 Å². The summed E-state index contributed by atoms with van der Waals surface area (Å²) in [6, 6.07) is 7.85. The van der Waals surface area contributed by atoms with Gasteiger partial charge < -0.3 is 20.1 Å². The first kappa shape index (κ1) is 23.5. The second-order valence-corrected chi connectivity index (χ2v) is 7.58. The highest BCUT2D eigenvalue weighted by molar-refractivity contribution is 5.80. The van der Waals surface area contributed by atoms with Crippen LogP contribution in [-0.4, -0.2) is 36.7 Å². The first-order valence-electron chi connectivity index (χ1n) is 9.61. The van der Waals surface area contributed by atoms with Crippen LogP contribution < -0.4 is 10.6 Å². The maximum atomic E-state index is 11.9. The number of carbonyl (C=O) groups is 3. The van der Waals surface area contributed by atoms with Crippen molar-refractivity contribution < 1.29 is 23.9 Å². The number of alkyl carbamates (subject to hydrolysis) is 1. The number of amides is 2. The predicted molar refractivity (Wildman–Crippen MR) is 107 cm³/mol. The Morgan fingerprint density at radius 3 is 2.32 bits per heavy atom. The molecule has 0 saturated carbocycles. The van der Waals surface area contributed by atoms with E-state index in [4.69, 9.17) is 9.47 Å². The third kappa shape index (κ3) is 9.94. The molecule has 1 aromatic rings. The fraction of sp³-hybridized carbons (Fsp3) is 0.571. The van der Waals surface area contributed by atoms with Crippen LogP contribution in [0.15, 0.2) is 24.3 Å². The molecule has 1 aromatic carbocycles. The molecule has 0 spiro atoms. The first-order valence-corrected chi connectivity index (χ1v) is 9.61. The van der Waals surface area contributed by atoms with Crippen LogP contribution in [-0.2, 0) is 25.5 Å². The summed E-state index contributed by atoms with van der Waals surface area (Å²) in [5.74, 6) is -0.839. The second-order valence-electron chi connectivity index (χ2n) is 7.58. The summed E-state index contributed by atoms with van der Waals surface area (Å²) >= 11 is 0. The van der Waals surface area contributed by atoms with Crippen molar-refractivity contribution in [3.63, 3.8) is 0 Å². The van der Waals surface area contributed by atoms with Gasteiger partial charge in [-0.05, 0) is 51.7 Å². The Bertz CT molecular complexity index is 650. The lowest BCUT2D eigenvalue weighted by Gasteiger charge is -2.19. The molecule has 7 nitrogen and oxygen atoms in total. The van der Waals surface area contributed by atoms with Crippen LogP contribution in [0.5, 0.6) is 0 Å². The molecule has 2 amide bonds. The Morgan fingerprint density at radius 2 is 1.75 bits per heavy atom. The predicted octanol–water partition coefficient (Wildman–Crippen LogP) is 3.27. The minimum atomic E-state index is -0.564. The van der Waals surface area contributed by atoms with Gasteiger partial charge in [-0.2, -0.15) is 0 Å². The van der Waals surface area contributed by atoms with E-state index in [0.717, 1.165) is 12.0 Å². The molecule has 0 fully saturated rings. The fourth-order valence-corrected chi connectivity index (χ4v) is 2.36. The molecule has 0 aliphatic rings. The Labute approximate surface area is 167 Å². The SMILES string of the molecule is CCc1ccc([C@H](C)NC(=O)COC(=O)CCCNC(=O)OC(C)(C)C)cc1. The molecular weight excluding hydrogens is 360 g/mol. The van der Waals surface area contributed by atoms with Crippen molar-refractivity contribution in [3.8, 4) is 0 Å². The van der Waals surface area contributed by atoms with E-state index in [2.05, 4.69) is 17.6 Å². The molecule has 0 bridgehead atoms. The summed E-state index contributed by atoms with van der Waals surface area (Å²) in [7, 11) is 0. The van der Waals surface area contributed by atoms with Crippen LogP contribution in [0.1, 0.15) is 64.6 Å². The van der Waals surface area contributed by atoms with Crippen LogP contribution in [0.2, 0.25) is 0 Å². The van der Waals surface area contributed by atoms with E-state index in [9.17, 15) is 14.4 Å². The molecule has 0 aliphatic carbocycles. The van der Waals surface area contributed by atoms with E-state index in [1.54, 1.807) is 20.8 Å². The van der Waals surface area contributed by atoms with Gasteiger partial charge in [-0.3, -0.25) is 9.59 Å². The summed E-state index contributed by atoms with van der Waals surface area (Å²) in [6.45, 7) is 9.25. The minimum absolute atomic E-state index is 0.108. The number of carbonyl (C=O) groups excluding carboxylic acids is 3. The lowest BCUT2D eigenvalue weighted by atomic mass is 10.1. The number of nitrogens with one attached hydrogen (secondary N) is 2. The highest BCUT2D eigenvalue weighted by Crippen LogP contribution is 2.13. The summed E-state index contributed by atoms with van der Waals surface area (Å²) in [6.07, 6.45) is 0.947. The summed E-state index contributed by atoms with van der Waals surface area (Å²) in [5, 5.41) is 5.37. The zero-order chi connectivity index (χ0) is 21.2. The summed E-state index contributed by atoms with van der Waals surface area (Å²) in [5.41, 5.74) is 1.66. The Balaban J connectivity index is 2.21. The van der Waals surface area contributed by atoms with Gasteiger partial charge in [0, 0.05) is 13.0 Å². The Kier molecular flexibility index (Phi) is 9.48. The lowest BCUT2D eigenvalue weighted by Crippen LogP contribution is -2.33. The molecule has 156 valence electrons. The van der Waals surface area contributed by atoms with E-state index < -0.39 is 17.7 Å². The van der Waals surface area contributed by atoms with E-state index in [1.165, 1.54) is 5.56 Å². The third-order valence-electron chi connectivity index (χ3n) is 3.86. The van der Waals surface area contributed by atoms with Crippen molar-refractivity contribution in [2.75, 3.05) is 13.2 Å². The fourth-order valence-electron chi connectivity index (χ4n) is 2.36. The average molecular weight is 392 g/mol. The molecular formula is C21H32N2O5. The van der Waals surface area contributed by atoms with Crippen molar-refractivity contribution in [2.24, 2.45) is 0 Å². The van der Waals surface area contributed by atoms with Gasteiger partial charge in [0.2, 0.25) is 0 Å². The molecule has 0 saturated heterocycles. The van der Waals surface area contributed by atoms with Gasteiger partial charge >= 0.3 is 12.1 Å². The molecule has 0 heterocycles. The highest BCUT2D eigenvalue weighted by Gasteiger charge is 2.16. The number of ether oxygens (including phenoxy) is 2. The number of hydrogen-bond acceptors (Lipinski definition) is 5. The monoisotopic (exact) mass is 392 g/mol. The molecule has 1 atom stereocenters. The lowest BCUT2D eigenvalue weighted by molar-refractivity contribution is -0.148. The van der Waals surface area contributed by atoms with E-state index in [0.29, 0.717) is 13.0 Å². The Morgan fingerprint density at radius 1 is 1.11 bits per heavy atom. The standard InChI is InChI=1S/C21H32N2O5/c1-6-16-9-11-17(12-10-16)15(2)23-18(24)14-27-19(25)8-7-13-22-20(26)28-21(3,4)5/h9-12,15H,6-8,13-14H2,1-5H3,(H,22,26)(H,23,24)/t15-/m0/s1. The largest absolute Gasteiger partial charge is 0.456 e. The van der Waals surface area contributed by atoms with Crippen molar-refractivity contribution in [1.82, 2.24) is 10.6 Å². The quantitative estimate of drug-likeness (QED) is 0.497. The van der Waals surface area contributed by atoms with Crippen LogP contribution in [0.3, 0.4) is 0 Å². The average Bonchev–Trinajstić information content (AvgIpc) is 2.62. The highest BCUT2D eigenvalue weighted by atomic mass is 16.6. The zero-order valence-corrected chi connectivity index (χ0v) is 17.5. The van der Waals surface area contributed by atoms with Crippen LogP contribution in [0.4, 0.5) is 4.79 Å². The molecule has 2 N–H and O–H groups in total. The van der Waals surface area contributed by atoms with E-state index in [-0.39, 0.29) is 25.0 Å². The molecule has 0 radical (unpaired) electrons. The molecule has 28 heavy (non-hydrogen) atoms. The zero-order valence-electron chi connectivity index (χ0n) is 17.5.